The van der Waals surface area contributed by atoms with Gasteiger partial charge in [-0.1, -0.05) is 49.7 Å². The number of aromatic nitrogens is 1. The molecule has 30 heavy (non-hydrogen) atoms. The Labute approximate surface area is 177 Å². The summed E-state index contributed by atoms with van der Waals surface area (Å²) in [5, 5.41) is 1.05. The van der Waals surface area contributed by atoms with Crippen molar-refractivity contribution in [1.82, 2.24) is 14.8 Å². The molecule has 2 aromatic carbocycles. The van der Waals surface area contributed by atoms with Crippen LogP contribution in [-0.4, -0.2) is 46.7 Å². The minimum atomic E-state index is -0.431. The smallest absolute Gasteiger partial charge is 0.254 e. The zero-order chi connectivity index (χ0) is 21.3. The molecule has 1 aliphatic rings. The number of carbonyl (C=O) groups excluding carboxylic acids is 2. The summed E-state index contributed by atoms with van der Waals surface area (Å²) in [7, 11) is 1.81. The molecule has 1 aliphatic heterocycles. The summed E-state index contributed by atoms with van der Waals surface area (Å²) in [6.45, 7) is 5.56. The number of H-pyrrole nitrogens is 1. The zero-order valence-electron chi connectivity index (χ0n) is 17.9. The van der Waals surface area contributed by atoms with Gasteiger partial charge in [0.15, 0.2) is 0 Å². The first-order valence-corrected chi connectivity index (χ1v) is 10.8. The summed E-state index contributed by atoms with van der Waals surface area (Å²) in [5.41, 5.74) is 3.45. The lowest BCUT2D eigenvalue weighted by atomic mass is 9.79. The molecule has 0 radical (unpaired) electrons. The van der Waals surface area contributed by atoms with Gasteiger partial charge in [0, 0.05) is 48.4 Å². The molecule has 0 fully saturated rings. The van der Waals surface area contributed by atoms with Crippen LogP contribution >= 0.6 is 0 Å². The summed E-state index contributed by atoms with van der Waals surface area (Å²) >= 11 is 0. The van der Waals surface area contributed by atoms with Crippen LogP contribution in [-0.2, 0) is 4.79 Å². The van der Waals surface area contributed by atoms with Gasteiger partial charge in [0.05, 0.1) is 12.0 Å². The second-order valence-electron chi connectivity index (χ2n) is 7.99. The van der Waals surface area contributed by atoms with Gasteiger partial charge in [0.1, 0.15) is 0 Å². The average Bonchev–Trinajstić information content (AvgIpc) is 3.20. The Bertz CT molecular complexity index is 1070. The van der Waals surface area contributed by atoms with Gasteiger partial charge >= 0.3 is 0 Å². The molecule has 156 valence electrons. The van der Waals surface area contributed by atoms with Crippen LogP contribution in [0.5, 0.6) is 0 Å². The molecule has 2 amide bonds. The molecule has 0 bridgehead atoms. The Morgan fingerprint density at radius 2 is 1.80 bits per heavy atom. The van der Waals surface area contributed by atoms with Gasteiger partial charge in [-0.15, -0.1) is 0 Å². The van der Waals surface area contributed by atoms with Crippen molar-refractivity contribution in [3.8, 4) is 0 Å². The average molecular weight is 404 g/mol. The number of hydrogen-bond acceptors (Lipinski definition) is 2. The molecule has 2 unspecified atom stereocenters. The summed E-state index contributed by atoms with van der Waals surface area (Å²) in [6, 6.07) is 15.3. The number of unbranched alkanes of at least 4 members (excludes halogenated alkanes) is 1. The number of nitrogens with one attached hydrogen (secondary N) is 1. The van der Waals surface area contributed by atoms with Crippen molar-refractivity contribution in [1.29, 1.82) is 0 Å². The molecule has 3 aromatic rings. The highest BCUT2D eigenvalue weighted by atomic mass is 16.2. The highest BCUT2D eigenvalue weighted by Crippen LogP contribution is 2.44. The first kappa shape index (κ1) is 20.2. The van der Waals surface area contributed by atoms with Crippen molar-refractivity contribution in [2.24, 2.45) is 0 Å². The normalized spacial score (nSPS) is 18.5. The molecule has 0 spiro atoms. The van der Waals surface area contributed by atoms with Crippen LogP contribution in [0.3, 0.4) is 0 Å². The third-order valence-corrected chi connectivity index (χ3v) is 6.26. The van der Waals surface area contributed by atoms with E-state index in [1.165, 1.54) is 0 Å². The van der Waals surface area contributed by atoms with Gasteiger partial charge in [0.25, 0.3) is 5.91 Å². The maximum absolute atomic E-state index is 13.9. The number of benzene rings is 2. The number of para-hydroxylation sites is 1. The topological polar surface area (TPSA) is 56.4 Å². The maximum Gasteiger partial charge on any atom is 0.254 e. The van der Waals surface area contributed by atoms with E-state index in [0.717, 1.165) is 41.4 Å². The Morgan fingerprint density at radius 3 is 2.57 bits per heavy atom. The van der Waals surface area contributed by atoms with Gasteiger partial charge in [-0.2, -0.15) is 0 Å². The van der Waals surface area contributed by atoms with Crippen LogP contribution in [0.25, 0.3) is 10.9 Å². The Balaban J connectivity index is 1.88. The number of carbonyl (C=O) groups is 2. The van der Waals surface area contributed by atoms with Crippen molar-refractivity contribution < 1.29 is 9.59 Å². The molecule has 1 aromatic heterocycles. The van der Waals surface area contributed by atoms with Gasteiger partial charge in [-0.05, 0) is 31.0 Å². The third-order valence-electron chi connectivity index (χ3n) is 6.26. The minimum absolute atomic E-state index is 0.0402. The molecule has 0 saturated carbocycles. The van der Waals surface area contributed by atoms with Crippen LogP contribution in [0.15, 0.2) is 54.7 Å². The molecule has 0 aliphatic carbocycles. The Hall–Kier alpha value is -3.08. The van der Waals surface area contributed by atoms with Crippen molar-refractivity contribution in [2.75, 3.05) is 20.1 Å². The fourth-order valence-corrected chi connectivity index (χ4v) is 4.64. The summed E-state index contributed by atoms with van der Waals surface area (Å²) < 4.78 is 0. The summed E-state index contributed by atoms with van der Waals surface area (Å²) in [6.07, 6.45) is 3.96. The van der Waals surface area contributed by atoms with Gasteiger partial charge in [-0.25, -0.2) is 0 Å². The first-order chi connectivity index (χ1) is 14.6. The van der Waals surface area contributed by atoms with E-state index >= 15 is 0 Å². The van der Waals surface area contributed by atoms with E-state index < -0.39 is 5.92 Å². The Morgan fingerprint density at radius 1 is 1.07 bits per heavy atom. The Kier molecular flexibility index (Phi) is 5.62. The van der Waals surface area contributed by atoms with Crippen molar-refractivity contribution in [2.45, 2.75) is 38.6 Å². The molecule has 2 heterocycles. The van der Waals surface area contributed by atoms with Crippen LogP contribution in [0.2, 0.25) is 0 Å². The molecule has 1 N–H and O–H groups in total. The molecule has 2 atom stereocenters. The predicted octanol–water partition coefficient (Wildman–Crippen LogP) is 4.73. The van der Waals surface area contributed by atoms with Crippen LogP contribution in [0, 0.1) is 0 Å². The lowest BCUT2D eigenvalue weighted by molar-refractivity contribution is -0.134. The quantitative estimate of drug-likeness (QED) is 0.647. The van der Waals surface area contributed by atoms with E-state index in [1.54, 1.807) is 4.90 Å². The van der Waals surface area contributed by atoms with Gasteiger partial charge in [0.2, 0.25) is 5.91 Å². The molecule has 0 saturated heterocycles. The van der Waals surface area contributed by atoms with Crippen molar-refractivity contribution in [3.05, 3.63) is 71.4 Å². The van der Waals surface area contributed by atoms with E-state index in [0.29, 0.717) is 12.1 Å². The SMILES string of the molecule is CCCCN(CC)C(=O)C1c2ccccc2C(=O)N(C)C1c1c[nH]c2ccccc12. The van der Waals surface area contributed by atoms with Crippen LogP contribution < -0.4 is 0 Å². The summed E-state index contributed by atoms with van der Waals surface area (Å²) in [5.74, 6) is -0.380. The minimum Gasteiger partial charge on any atom is -0.361 e. The number of hydrogen-bond donors (Lipinski definition) is 1. The lowest BCUT2D eigenvalue weighted by Crippen LogP contribution is -2.47. The van der Waals surface area contributed by atoms with Crippen LogP contribution in [0.1, 0.15) is 60.1 Å². The van der Waals surface area contributed by atoms with E-state index in [-0.39, 0.29) is 17.9 Å². The molecular formula is C25H29N3O2. The number of likely N-dealkylation sites (N-methyl/N-ethyl adjacent to an activating group) is 2. The fraction of sp³-hybridized carbons (Fsp3) is 0.360. The number of rotatable bonds is 6. The van der Waals surface area contributed by atoms with Crippen LogP contribution in [0.4, 0.5) is 0 Å². The number of nitrogens with zero attached hydrogens (tertiary/aromatic N) is 2. The van der Waals surface area contributed by atoms with Gasteiger partial charge < -0.3 is 14.8 Å². The van der Waals surface area contributed by atoms with Gasteiger partial charge in [-0.3, -0.25) is 9.59 Å². The largest absolute Gasteiger partial charge is 0.361 e. The fourth-order valence-electron chi connectivity index (χ4n) is 4.64. The predicted molar refractivity (Wildman–Crippen MR) is 119 cm³/mol. The summed E-state index contributed by atoms with van der Waals surface area (Å²) in [4.78, 5) is 34.1. The number of fused-ring (bicyclic) bond motifs is 2. The van der Waals surface area contributed by atoms with E-state index in [2.05, 4.69) is 18.0 Å². The molecular weight excluding hydrogens is 374 g/mol. The second-order valence-corrected chi connectivity index (χ2v) is 7.99. The monoisotopic (exact) mass is 403 g/mol. The number of aromatic amines is 1. The standard InChI is InChI=1S/C25H29N3O2/c1-4-6-15-28(5-2)25(30)22-18-12-7-8-13-19(18)24(29)27(3)23(22)20-16-26-21-14-10-9-11-17(20)21/h7-14,16,22-23,26H,4-6,15H2,1-3H3. The van der Waals surface area contributed by atoms with Crippen molar-refractivity contribution in [3.63, 3.8) is 0 Å². The highest BCUT2D eigenvalue weighted by molar-refractivity contribution is 6.02. The molecule has 5 heteroatoms. The van der Waals surface area contributed by atoms with E-state index in [4.69, 9.17) is 0 Å². The number of amides is 2. The van der Waals surface area contributed by atoms with E-state index in [9.17, 15) is 9.59 Å². The molecule has 5 nitrogen and oxygen atoms in total. The van der Waals surface area contributed by atoms with E-state index in [1.807, 2.05) is 67.5 Å². The zero-order valence-corrected chi connectivity index (χ0v) is 17.9. The lowest BCUT2D eigenvalue weighted by Gasteiger charge is -2.41. The van der Waals surface area contributed by atoms with Crippen molar-refractivity contribution >= 4 is 22.7 Å². The third kappa shape index (κ3) is 3.28. The molecule has 4 rings (SSSR count). The first-order valence-electron chi connectivity index (χ1n) is 10.8. The maximum atomic E-state index is 13.9. The highest BCUT2D eigenvalue weighted by Gasteiger charge is 2.44. The second kappa shape index (κ2) is 8.34.